The molecule has 0 aliphatic heterocycles. The zero-order chi connectivity index (χ0) is 13.9. The van der Waals surface area contributed by atoms with Gasteiger partial charge in [0, 0.05) is 22.0 Å². The smallest absolute Gasteiger partial charge is 0.243 e. The van der Waals surface area contributed by atoms with E-state index in [2.05, 4.69) is 51.4 Å². The van der Waals surface area contributed by atoms with Crippen molar-refractivity contribution in [1.29, 1.82) is 0 Å². The lowest BCUT2D eigenvalue weighted by molar-refractivity contribution is 0.573. The molecule has 0 unspecified atom stereocenters. The third-order valence-electron chi connectivity index (χ3n) is 3.59. The lowest BCUT2D eigenvalue weighted by atomic mass is 10.0. The predicted octanol–water partition coefficient (Wildman–Crippen LogP) is 3.83. The van der Waals surface area contributed by atoms with Crippen molar-refractivity contribution in [2.45, 2.75) is 31.4 Å². The van der Waals surface area contributed by atoms with E-state index in [1.807, 2.05) is 30.1 Å². The predicted molar refractivity (Wildman–Crippen MR) is 86.0 cm³/mol. The first-order valence-corrected chi connectivity index (χ1v) is 8.45. The van der Waals surface area contributed by atoms with Crippen LogP contribution in [0.1, 0.15) is 26.7 Å². The van der Waals surface area contributed by atoms with Gasteiger partial charge in [-0.2, -0.15) is 16.7 Å². The van der Waals surface area contributed by atoms with Crippen LogP contribution >= 0.6 is 27.7 Å². The Balaban J connectivity index is 2.13. The van der Waals surface area contributed by atoms with E-state index in [9.17, 15) is 0 Å². The normalized spacial score (nSPS) is 12.0. The van der Waals surface area contributed by atoms with Gasteiger partial charge in [-0.1, -0.05) is 13.8 Å². The van der Waals surface area contributed by atoms with Crippen molar-refractivity contribution >= 4 is 39.3 Å². The molecule has 2 aromatic rings. The molecular weight excluding hydrogens is 324 g/mol. The molecule has 0 radical (unpaired) electrons. The Morgan fingerprint density at radius 3 is 2.74 bits per heavy atom. The Morgan fingerprint density at radius 1 is 1.37 bits per heavy atom. The van der Waals surface area contributed by atoms with Crippen molar-refractivity contribution in [3.05, 3.63) is 22.8 Å². The quantitative estimate of drug-likeness (QED) is 0.866. The van der Waals surface area contributed by atoms with Crippen LogP contribution in [0.4, 0.5) is 5.95 Å². The molecular formula is C13H19BrN4S. The van der Waals surface area contributed by atoms with Gasteiger partial charge in [0.2, 0.25) is 5.95 Å². The van der Waals surface area contributed by atoms with Crippen molar-refractivity contribution in [3.63, 3.8) is 0 Å². The van der Waals surface area contributed by atoms with Gasteiger partial charge < -0.3 is 5.32 Å². The van der Waals surface area contributed by atoms with E-state index in [4.69, 9.17) is 0 Å². The Kier molecular flexibility index (Phi) is 4.73. The number of pyridine rings is 1. The number of nitrogens with zero attached hydrogens (tertiary/aromatic N) is 3. The van der Waals surface area contributed by atoms with Crippen molar-refractivity contribution < 1.29 is 0 Å². The molecule has 0 bridgehead atoms. The summed E-state index contributed by atoms with van der Waals surface area (Å²) < 4.78 is 3.04. The summed E-state index contributed by atoms with van der Waals surface area (Å²) >= 11 is 5.35. The fourth-order valence-corrected chi connectivity index (χ4v) is 3.15. The van der Waals surface area contributed by atoms with Gasteiger partial charge in [-0.3, -0.25) is 0 Å². The molecule has 104 valence electrons. The summed E-state index contributed by atoms with van der Waals surface area (Å²) in [5.74, 6) is 0.693. The number of thioether (sulfide) groups is 1. The molecule has 0 saturated heterocycles. The third kappa shape index (κ3) is 3.23. The van der Waals surface area contributed by atoms with Crippen molar-refractivity contribution in [2.24, 2.45) is 0 Å². The number of nitrogens with one attached hydrogen (secondary N) is 1. The van der Waals surface area contributed by atoms with Crippen LogP contribution in [0.5, 0.6) is 0 Å². The Labute approximate surface area is 126 Å². The molecule has 2 heterocycles. The number of halogens is 1. The van der Waals surface area contributed by atoms with Gasteiger partial charge in [0.15, 0.2) is 5.65 Å². The molecule has 0 aromatic carbocycles. The van der Waals surface area contributed by atoms with Crippen molar-refractivity contribution in [3.8, 4) is 0 Å². The Bertz CT molecular complexity index is 542. The van der Waals surface area contributed by atoms with Crippen LogP contribution in [0.25, 0.3) is 5.65 Å². The topological polar surface area (TPSA) is 42.2 Å². The molecule has 0 fully saturated rings. The highest BCUT2D eigenvalue weighted by atomic mass is 79.9. The summed E-state index contributed by atoms with van der Waals surface area (Å²) in [7, 11) is 0. The van der Waals surface area contributed by atoms with Gasteiger partial charge in [0.1, 0.15) is 0 Å². The average molecular weight is 343 g/mol. The molecule has 0 aliphatic carbocycles. The van der Waals surface area contributed by atoms with Crippen LogP contribution in [0, 0.1) is 0 Å². The maximum absolute atomic E-state index is 4.47. The maximum Gasteiger partial charge on any atom is 0.243 e. The summed E-state index contributed by atoms with van der Waals surface area (Å²) in [6.45, 7) is 5.35. The van der Waals surface area contributed by atoms with E-state index in [1.165, 1.54) is 0 Å². The molecule has 2 rings (SSSR count). The Morgan fingerprint density at radius 2 is 2.11 bits per heavy atom. The highest BCUT2D eigenvalue weighted by Crippen LogP contribution is 2.30. The van der Waals surface area contributed by atoms with Crippen LogP contribution < -0.4 is 5.32 Å². The second-order valence-electron chi connectivity index (χ2n) is 4.53. The van der Waals surface area contributed by atoms with Crippen LogP contribution in [-0.4, -0.2) is 32.1 Å². The second kappa shape index (κ2) is 6.13. The molecule has 0 saturated carbocycles. The number of hydrogen-bond acceptors (Lipinski definition) is 4. The minimum absolute atomic E-state index is 0.262. The lowest BCUT2D eigenvalue weighted by Gasteiger charge is -2.29. The van der Waals surface area contributed by atoms with E-state index in [0.29, 0.717) is 5.95 Å². The third-order valence-corrected chi connectivity index (χ3v) is 5.64. The summed E-state index contributed by atoms with van der Waals surface area (Å²) in [5.41, 5.74) is 0.855. The van der Waals surface area contributed by atoms with Crippen LogP contribution in [0.3, 0.4) is 0 Å². The van der Waals surface area contributed by atoms with Crippen molar-refractivity contribution in [1.82, 2.24) is 14.6 Å². The zero-order valence-corrected chi connectivity index (χ0v) is 13.9. The number of anilines is 1. The fraction of sp³-hybridized carbons (Fsp3) is 0.538. The van der Waals surface area contributed by atoms with Crippen LogP contribution in [0.2, 0.25) is 0 Å². The largest absolute Gasteiger partial charge is 0.352 e. The monoisotopic (exact) mass is 342 g/mol. The highest BCUT2D eigenvalue weighted by Gasteiger charge is 2.25. The summed E-state index contributed by atoms with van der Waals surface area (Å²) in [5, 5.41) is 7.80. The molecule has 0 aliphatic rings. The van der Waals surface area contributed by atoms with E-state index in [1.54, 1.807) is 4.52 Å². The second-order valence-corrected chi connectivity index (χ2v) is 6.72. The highest BCUT2D eigenvalue weighted by molar-refractivity contribution is 9.10. The molecule has 2 aromatic heterocycles. The van der Waals surface area contributed by atoms with Gasteiger partial charge in [-0.25, -0.2) is 4.52 Å². The first-order valence-electron chi connectivity index (χ1n) is 6.43. The van der Waals surface area contributed by atoms with Gasteiger partial charge in [0.25, 0.3) is 0 Å². The Hall–Kier alpha value is -0.750. The van der Waals surface area contributed by atoms with E-state index in [0.717, 1.165) is 29.5 Å². The minimum Gasteiger partial charge on any atom is -0.352 e. The van der Waals surface area contributed by atoms with E-state index >= 15 is 0 Å². The number of rotatable bonds is 6. The average Bonchev–Trinajstić information content (AvgIpc) is 2.83. The lowest BCUT2D eigenvalue weighted by Crippen LogP contribution is -2.32. The van der Waals surface area contributed by atoms with Crippen molar-refractivity contribution in [2.75, 3.05) is 18.1 Å². The zero-order valence-electron chi connectivity index (χ0n) is 11.5. The summed E-state index contributed by atoms with van der Waals surface area (Å²) in [4.78, 5) is 4.47. The van der Waals surface area contributed by atoms with Gasteiger partial charge in [0.05, 0.1) is 0 Å². The van der Waals surface area contributed by atoms with Gasteiger partial charge >= 0.3 is 0 Å². The molecule has 6 heteroatoms. The summed E-state index contributed by atoms with van der Waals surface area (Å²) in [6.07, 6.45) is 6.35. The first kappa shape index (κ1) is 14.7. The molecule has 4 nitrogen and oxygen atoms in total. The van der Waals surface area contributed by atoms with Gasteiger partial charge in [-0.15, -0.1) is 5.10 Å². The van der Waals surface area contributed by atoms with Gasteiger partial charge in [-0.05, 0) is 47.2 Å². The SMILES string of the molecule is CCC(CC)(CNc1nc2ccc(Br)cn2n1)SC. The molecule has 0 amide bonds. The van der Waals surface area contributed by atoms with Crippen LogP contribution in [-0.2, 0) is 0 Å². The molecule has 19 heavy (non-hydrogen) atoms. The van der Waals surface area contributed by atoms with E-state index < -0.39 is 0 Å². The number of aromatic nitrogens is 3. The molecule has 0 atom stereocenters. The minimum atomic E-state index is 0.262. The van der Waals surface area contributed by atoms with E-state index in [-0.39, 0.29) is 4.75 Å². The first-order chi connectivity index (χ1) is 9.12. The molecule has 0 spiro atoms. The summed E-state index contributed by atoms with van der Waals surface area (Å²) in [6, 6.07) is 3.92. The number of hydrogen-bond donors (Lipinski definition) is 1. The number of fused-ring (bicyclic) bond motifs is 1. The maximum atomic E-state index is 4.47. The van der Waals surface area contributed by atoms with Crippen LogP contribution in [0.15, 0.2) is 22.8 Å². The standard InChI is InChI=1S/C13H19BrN4S/c1-4-13(5-2,19-3)9-15-12-16-11-7-6-10(14)8-18(11)17-12/h6-8H,4-5,9H2,1-3H3,(H,15,17). The molecule has 1 N–H and O–H groups in total. The fourth-order valence-electron chi connectivity index (χ4n) is 2.03.